The van der Waals surface area contributed by atoms with Crippen LogP contribution in [0.4, 0.5) is 43.9 Å². The molecule has 1 amide bonds. The lowest BCUT2D eigenvalue weighted by Gasteiger charge is -2.20. The molecule has 0 bridgehead atoms. The van der Waals surface area contributed by atoms with Crippen molar-refractivity contribution in [1.82, 2.24) is 10.6 Å². The highest BCUT2D eigenvalue weighted by molar-refractivity contribution is 6.42. The first-order valence-electron chi connectivity index (χ1n) is 10.9. The summed E-state index contributed by atoms with van der Waals surface area (Å²) in [6.07, 6.45) is -17.2. The molecule has 0 aromatic heterocycles. The van der Waals surface area contributed by atoms with Gasteiger partial charge in [0.2, 0.25) is 0 Å². The summed E-state index contributed by atoms with van der Waals surface area (Å²) < 4.78 is 134. The van der Waals surface area contributed by atoms with Crippen molar-refractivity contribution < 1.29 is 48.7 Å². The standard InChI is InChI=1S/C24H20Cl2F10N2O/c1-11-7-14(9-18(25)20(11)26)16(23(31,32)33)10-19(27)13-3-4-15(17(8-13)24(34,35)36)21(39)38-12(2)37-6-5-22(28,29)30/h3-4,7-10,12,16,37H,5-6H2,1-2H3,(H,38,39)/b19-10-. The summed E-state index contributed by atoms with van der Waals surface area (Å²) in [5, 5.41) is 4.03. The highest BCUT2D eigenvalue weighted by atomic mass is 35.5. The largest absolute Gasteiger partial charge is 0.417 e. The van der Waals surface area contributed by atoms with Crippen LogP contribution in [0, 0.1) is 6.92 Å². The Hall–Kier alpha value is -2.51. The van der Waals surface area contributed by atoms with E-state index in [1.807, 2.05) is 5.32 Å². The molecule has 0 saturated carbocycles. The minimum Gasteiger partial charge on any atom is -0.337 e. The number of nitrogens with one attached hydrogen (secondary N) is 2. The molecule has 2 aromatic rings. The Morgan fingerprint density at radius 3 is 2.13 bits per heavy atom. The van der Waals surface area contributed by atoms with Crippen LogP contribution in [0.2, 0.25) is 10.0 Å². The van der Waals surface area contributed by atoms with Gasteiger partial charge in [-0.15, -0.1) is 0 Å². The number of alkyl halides is 9. The van der Waals surface area contributed by atoms with E-state index in [1.54, 1.807) is 0 Å². The lowest BCUT2D eigenvalue weighted by atomic mass is 9.94. The molecule has 2 aromatic carbocycles. The van der Waals surface area contributed by atoms with Gasteiger partial charge in [0, 0.05) is 12.1 Å². The number of halogens is 12. The van der Waals surface area contributed by atoms with E-state index in [9.17, 15) is 48.7 Å². The first-order valence-corrected chi connectivity index (χ1v) is 11.7. The molecular formula is C24H20Cl2F10N2O. The summed E-state index contributed by atoms with van der Waals surface area (Å²) in [6.45, 7) is 1.91. The first-order chi connectivity index (χ1) is 17.7. The summed E-state index contributed by atoms with van der Waals surface area (Å²) in [5.41, 5.74) is -3.95. The smallest absolute Gasteiger partial charge is 0.337 e. The van der Waals surface area contributed by atoms with Crippen LogP contribution >= 0.6 is 23.2 Å². The Morgan fingerprint density at radius 2 is 1.62 bits per heavy atom. The molecule has 0 radical (unpaired) electrons. The molecule has 0 aliphatic carbocycles. The molecule has 0 aliphatic rings. The molecule has 0 spiro atoms. The summed E-state index contributed by atoms with van der Waals surface area (Å²) >= 11 is 11.7. The Balaban J connectivity index is 2.42. The van der Waals surface area contributed by atoms with Crippen LogP contribution in [0.5, 0.6) is 0 Å². The Kier molecular flexibility index (Phi) is 10.3. The van der Waals surface area contributed by atoms with Gasteiger partial charge in [-0.3, -0.25) is 10.1 Å². The van der Waals surface area contributed by atoms with Crippen LogP contribution in [0.15, 0.2) is 36.4 Å². The molecule has 0 heterocycles. The van der Waals surface area contributed by atoms with E-state index in [0.717, 1.165) is 12.1 Å². The fourth-order valence-electron chi connectivity index (χ4n) is 3.44. The number of aryl methyl sites for hydroxylation is 1. The van der Waals surface area contributed by atoms with Gasteiger partial charge < -0.3 is 5.32 Å². The second kappa shape index (κ2) is 12.3. The van der Waals surface area contributed by atoms with Crippen LogP contribution in [0.1, 0.15) is 51.9 Å². The van der Waals surface area contributed by atoms with Crippen molar-refractivity contribution in [3.8, 4) is 0 Å². The van der Waals surface area contributed by atoms with E-state index in [0.29, 0.717) is 12.1 Å². The molecule has 2 N–H and O–H groups in total. The molecule has 2 rings (SSSR count). The summed E-state index contributed by atoms with van der Waals surface area (Å²) in [7, 11) is 0. The zero-order valence-electron chi connectivity index (χ0n) is 20.0. The van der Waals surface area contributed by atoms with Crippen molar-refractivity contribution >= 4 is 34.9 Å². The predicted octanol–water partition coefficient (Wildman–Crippen LogP) is 8.59. The van der Waals surface area contributed by atoms with Crippen LogP contribution in [-0.2, 0) is 6.18 Å². The molecule has 15 heteroatoms. The zero-order chi connectivity index (χ0) is 29.9. The van der Waals surface area contributed by atoms with Crippen molar-refractivity contribution in [2.75, 3.05) is 6.54 Å². The van der Waals surface area contributed by atoms with E-state index in [4.69, 9.17) is 23.2 Å². The first kappa shape index (κ1) is 32.7. The van der Waals surface area contributed by atoms with Gasteiger partial charge in [-0.05, 0) is 49.2 Å². The topological polar surface area (TPSA) is 41.1 Å². The minimum absolute atomic E-state index is 0.0284. The summed E-state index contributed by atoms with van der Waals surface area (Å²) in [4.78, 5) is 12.4. The van der Waals surface area contributed by atoms with E-state index in [-0.39, 0.29) is 27.8 Å². The van der Waals surface area contributed by atoms with Gasteiger partial charge in [0.1, 0.15) is 11.7 Å². The SMILES string of the molecule is Cc1cc(C(/C=C(\F)c2ccc(C(=O)NC(C)NCCC(F)(F)F)c(C(F)(F)F)c2)C(F)(F)F)cc(Cl)c1Cl. The maximum Gasteiger partial charge on any atom is 0.417 e. The monoisotopic (exact) mass is 612 g/mol. The predicted molar refractivity (Wildman–Crippen MR) is 126 cm³/mol. The third kappa shape index (κ3) is 9.28. The molecule has 0 aliphatic heterocycles. The van der Waals surface area contributed by atoms with Gasteiger partial charge in [0.25, 0.3) is 5.91 Å². The molecule has 216 valence electrons. The summed E-state index contributed by atoms with van der Waals surface area (Å²) in [6, 6.07) is 3.25. The average Bonchev–Trinajstić information content (AvgIpc) is 2.77. The quantitative estimate of drug-likeness (QED) is 0.231. The Bertz CT molecular complexity index is 1200. The highest BCUT2D eigenvalue weighted by Gasteiger charge is 2.41. The van der Waals surface area contributed by atoms with Crippen molar-refractivity contribution in [2.24, 2.45) is 0 Å². The third-order valence-electron chi connectivity index (χ3n) is 5.31. The lowest BCUT2D eigenvalue weighted by Crippen LogP contribution is -2.44. The van der Waals surface area contributed by atoms with Gasteiger partial charge >= 0.3 is 18.5 Å². The number of carbonyl (C=O) groups is 1. The molecule has 0 fully saturated rings. The molecule has 3 nitrogen and oxygen atoms in total. The fraction of sp³-hybridized carbons (Fsp3) is 0.375. The summed E-state index contributed by atoms with van der Waals surface area (Å²) in [5.74, 6) is -5.63. The number of carbonyl (C=O) groups excluding carboxylic acids is 1. The van der Waals surface area contributed by atoms with Crippen molar-refractivity contribution in [3.63, 3.8) is 0 Å². The molecule has 2 atom stereocenters. The highest BCUT2D eigenvalue weighted by Crippen LogP contribution is 2.42. The molecular weight excluding hydrogens is 593 g/mol. The van der Waals surface area contributed by atoms with Crippen LogP contribution in [0.3, 0.4) is 0 Å². The average molecular weight is 613 g/mol. The number of rotatable bonds is 8. The van der Waals surface area contributed by atoms with E-state index in [1.165, 1.54) is 13.8 Å². The van der Waals surface area contributed by atoms with Crippen LogP contribution in [-0.4, -0.2) is 31.0 Å². The fourth-order valence-corrected chi connectivity index (χ4v) is 3.82. The maximum atomic E-state index is 15.0. The van der Waals surface area contributed by atoms with Crippen molar-refractivity contribution in [1.29, 1.82) is 0 Å². The number of hydrogen-bond acceptors (Lipinski definition) is 2. The second-order valence-corrected chi connectivity index (χ2v) is 9.23. The molecule has 39 heavy (non-hydrogen) atoms. The maximum absolute atomic E-state index is 15.0. The van der Waals surface area contributed by atoms with Gasteiger partial charge in [-0.2, -0.15) is 39.5 Å². The number of amides is 1. The molecule has 0 saturated heterocycles. The zero-order valence-corrected chi connectivity index (χ0v) is 21.5. The normalized spacial score (nSPS) is 14.8. The Morgan fingerprint density at radius 1 is 1.00 bits per heavy atom. The van der Waals surface area contributed by atoms with Crippen molar-refractivity contribution in [2.45, 2.75) is 50.9 Å². The minimum atomic E-state index is -5.24. The van der Waals surface area contributed by atoms with Crippen molar-refractivity contribution in [3.05, 3.63) is 74.3 Å². The second-order valence-electron chi connectivity index (χ2n) is 8.44. The number of benzene rings is 2. The van der Waals surface area contributed by atoms with E-state index >= 15 is 0 Å². The third-order valence-corrected chi connectivity index (χ3v) is 6.21. The van der Waals surface area contributed by atoms with Gasteiger partial charge in [0.15, 0.2) is 0 Å². The van der Waals surface area contributed by atoms with Gasteiger partial charge in [0.05, 0.1) is 33.8 Å². The Labute approximate surface area is 226 Å². The molecule has 2 unspecified atom stereocenters. The number of allylic oxidation sites excluding steroid dienone is 1. The number of hydrogen-bond donors (Lipinski definition) is 2. The van der Waals surface area contributed by atoms with Gasteiger partial charge in [-0.25, -0.2) is 4.39 Å². The van der Waals surface area contributed by atoms with Crippen LogP contribution < -0.4 is 10.6 Å². The van der Waals surface area contributed by atoms with Crippen LogP contribution in [0.25, 0.3) is 5.83 Å². The van der Waals surface area contributed by atoms with E-state index in [2.05, 4.69) is 5.32 Å². The van der Waals surface area contributed by atoms with Gasteiger partial charge in [-0.1, -0.05) is 35.3 Å². The van der Waals surface area contributed by atoms with E-state index < -0.39 is 77.6 Å². The lowest BCUT2D eigenvalue weighted by molar-refractivity contribution is -0.140.